The largest absolute Gasteiger partial charge is 0.481 e. The van der Waals surface area contributed by atoms with Gasteiger partial charge in [-0.1, -0.05) is 0 Å². The van der Waals surface area contributed by atoms with Crippen molar-refractivity contribution in [2.24, 2.45) is 5.92 Å². The molecule has 1 heterocycles. The van der Waals surface area contributed by atoms with E-state index in [1.807, 2.05) is 6.07 Å². The van der Waals surface area contributed by atoms with E-state index < -0.39 is 23.8 Å². The number of rotatable bonds is 6. The Morgan fingerprint density at radius 3 is 2.44 bits per heavy atom. The molecule has 1 aliphatic heterocycles. The number of likely N-dealkylation sites (tertiary alicyclic amines) is 1. The molecule has 142 valence electrons. The summed E-state index contributed by atoms with van der Waals surface area (Å²) in [5.74, 6) is -2.15. The van der Waals surface area contributed by atoms with Crippen LogP contribution in [0.1, 0.15) is 30.1 Å². The van der Waals surface area contributed by atoms with E-state index in [1.54, 1.807) is 31.2 Å². The number of nitrogens with one attached hydrogen (secondary N) is 1. The van der Waals surface area contributed by atoms with Crippen molar-refractivity contribution in [1.82, 2.24) is 4.90 Å². The van der Waals surface area contributed by atoms with Crippen LogP contribution >= 0.6 is 0 Å². The van der Waals surface area contributed by atoms with E-state index in [-0.39, 0.29) is 5.57 Å². The third-order valence-electron chi connectivity index (χ3n) is 4.26. The number of benzene rings is 1. The van der Waals surface area contributed by atoms with Crippen LogP contribution in [0.4, 0.5) is 5.69 Å². The highest BCUT2D eigenvalue weighted by Crippen LogP contribution is 2.19. The molecular formula is C19H21N3O5. The molecule has 0 saturated carbocycles. The molecule has 0 aromatic heterocycles. The van der Waals surface area contributed by atoms with Crippen LogP contribution in [0.3, 0.4) is 0 Å². The average molecular weight is 371 g/mol. The van der Waals surface area contributed by atoms with Gasteiger partial charge in [-0.2, -0.15) is 5.26 Å². The number of aliphatic carboxylic acids is 1. The van der Waals surface area contributed by atoms with Crippen LogP contribution in [0.5, 0.6) is 0 Å². The Bertz CT molecular complexity index is 772. The number of hydrogen-bond acceptors (Lipinski definition) is 6. The second kappa shape index (κ2) is 9.38. The number of carbonyl (C=O) groups excluding carboxylic acids is 2. The number of hydrogen-bond donors (Lipinski definition) is 2. The number of ether oxygens (including phenoxy) is 1. The first kappa shape index (κ1) is 20.0. The maximum Gasteiger partial charge on any atom is 0.338 e. The summed E-state index contributed by atoms with van der Waals surface area (Å²) in [5, 5.41) is 21.1. The summed E-state index contributed by atoms with van der Waals surface area (Å²) >= 11 is 0. The number of carbonyl (C=O) groups is 3. The van der Waals surface area contributed by atoms with Gasteiger partial charge < -0.3 is 20.1 Å². The predicted molar refractivity (Wildman–Crippen MR) is 96.7 cm³/mol. The van der Waals surface area contributed by atoms with Gasteiger partial charge in [-0.05, 0) is 44.0 Å². The molecule has 0 radical (unpaired) electrons. The van der Waals surface area contributed by atoms with Gasteiger partial charge in [0.2, 0.25) is 0 Å². The minimum Gasteiger partial charge on any atom is -0.481 e. The third-order valence-corrected chi connectivity index (χ3v) is 4.26. The number of esters is 1. The Labute approximate surface area is 157 Å². The Morgan fingerprint density at radius 1 is 1.30 bits per heavy atom. The van der Waals surface area contributed by atoms with Crippen molar-refractivity contribution in [1.29, 1.82) is 5.26 Å². The van der Waals surface area contributed by atoms with Gasteiger partial charge >= 0.3 is 11.9 Å². The van der Waals surface area contributed by atoms with Gasteiger partial charge in [0.15, 0.2) is 0 Å². The normalized spacial score (nSPS) is 15.0. The zero-order valence-electron chi connectivity index (χ0n) is 15.0. The highest BCUT2D eigenvalue weighted by atomic mass is 16.5. The standard InChI is InChI=1S/C19H21N3O5/c1-2-27-19(26)14-3-5-16(6-4-14)21-12-15(11-20)17(23)22-9-7-13(8-10-22)18(24)25/h3-6,12-13,21H,2,7-10H2,1H3,(H,24,25)/b15-12-. The monoisotopic (exact) mass is 371 g/mol. The summed E-state index contributed by atoms with van der Waals surface area (Å²) in [7, 11) is 0. The number of carboxylic acids is 1. The zero-order chi connectivity index (χ0) is 19.8. The molecule has 0 atom stereocenters. The van der Waals surface area contributed by atoms with Gasteiger partial charge in [0.25, 0.3) is 5.91 Å². The van der Waals surface area contributed by atoms with E-state index in [0.29, 0.717) is 43.8 Å². The first-order chi connectivity index (χ1) is 13.0. The fraction of sp³-hybridized carbons (Fsp3) is 0.368. The molecule has 27 heavy (non-hydrogen) atoms. The topological polar surface area (TPSA) is 120 Å². The van der Waals surface area contributed by atoms with E-state index in [2.05, 4.69) is 5.32 Å². The van der Waals surface area contributed by atoms with Crippen LogP contribution in [-0.2, 0) is 14.3 Å². The van der Waals surface area contributed by atoms with Crippen molar-refractivity contribution in [3.8, 4) is 6.07 Å². The number of nitriles is 1. The van der Waals surface area contributed by atoms with E-state index in [9.17, 15) is 19.6 Å². The van der Waals surface area contributed by atoms with E-state index in [0.717, 1.165) is 0 Å². The molecule has 8 nitrogen and oxygen atoms in total. The van der Waals surface area contributed by atoms with Crippen LogP contribution in [0, 0.1) is 17.2 Å². The van der Waals surface area contributed by atoms with Crippen molar-refractivity contribution in [3.63, 3.8) is 0 Å². The Hall–Kier alpha value is -3.34. The summed E-state index contributed by atoms with van der Waals surface area (Å²) in [6.07, 6.45) is 2.07. The molecule has 1 aromatic rings. The maximum atomic E-state index is 12.4. The second-order valence-corrected chi connectivity index (χ2v) is 6.02. The van der Waals surface area contributed by atoms with Crippen LogP contribution in [-0.4, -0.2) is 47.5 Å². The first-order valence-electron chi connectivity index (χ1n) is 8.62. The smallest absolute Gasteiger partial charge is 0.338 e. The molecule has 2 rings (SSSR count). The van der Waals surface area contributed by atoms with Crippen LogP contribution in [0.15, 0.2) is 36.0 Å². The number of amides is 1. The SMILES string of the molecule is CCOC(=O)c1ccc(N/C=C(/C#N)C(=O)N2CCC(C(=O)O)CC2)cc1. The van der Waals surface area contributed by atoms with E-state index in [1.165, 1.54) is 11.1 Å². The molecule has 1 aromatic carbocycles. The quantitative estimate of drug-likeness (QED) is 0.446. The number of nitrogens with zero attached hydrogens (tertiary/aromatic N) is 2. The van der Waals surface area contributed by atoms with E-state index in [4.69, 9.17) is 9.84 Å². The first-order valence-corrected chi connectivity index (χ1v) is 8.62. The zero-order valence-corrected chi connectivity index (χ0v) is 15.0. The van der Waals surface area contributed by atoms with Crippen LogP contribution in [0.25, 0.3) is 0 Å². The summed E-state index contributed by atoms with van der Waals surface area (Å²) in [4.78, 5) is 36.5. The van der Waals surface area contributed by atoms with Crippen LogP contribution < -0.4 is 5.32 Å². The number of carboxylic acid groups (broad SMARTS) is 1. The molecule has 1 fully saturated rings. The number of piperidine rings is 1. The lowest BCUT2D eigenvalue weighted by molar-refractivity contribution is -0.145. The predicted octanol–water partition coefficient (Wildman–Crippen LogP) is 2.01. The molecule has 1 saturated heterocycles. The van der Waals surface area contributed by atoms with Gasteiger partial charge in [0, 0.05) is 25.0 Å². The highest BCUT2D eigenvalue weighted by molar-refractivity contribution is 5.97. The summed E-state index contributed by atoms with van der Waals surface area (Å²) in [5.41, 5.74) is 0.940. The van der Waals surface area contributed by atoms with Gasteiger partial charge in [-0.15, -0.1) is 0 Å². The fourth-order valence-corrected chi connectivity index (χ4v) is 2.71. The van der Waals surface area contributed by atoms with Gasteiger partial charge in [-0.3, -0.25) is 9.59 Å². The van der Waals surface area contributed by atoms with Crippen molar-refractivity contribution in [2.45, 2.75) is 19.8 Å². The van der Waals surface area contributed by atoms with Gasteiger partial charge in [-0.25, -0.2) is 4.79 Å². The minimum absolute atomic E-state index is 0.0711. The molecule has 0 spiro atoms. The fourth-order valence-electron chi connectivity index (χ4n) is 2.71. The maximum absolute atomic E-state index is 12.4. The Kier molecular flexibility index (Phi) is 6.94. The van der Waals surface area contributed by atoms with Gasteiger partial charge in [0.05, 0.1) is 18.1 Å². The second-order valence-electron chi connectivity index (χ2n) is 6.02. The summed E-state index contributed by atoms with van der Waals surface area (Å²) in [6, 6.07) is 8.31. The van der Waals surface area contributed by atoms with E-state index >= 15 is 0 Å². The lowest BCUT2D eigenvalue weighted by Crippen LogP contribution is -2.40. The highest BCUT2D eigenvalue weighted by Gasteiger charge is 2.28. The molecule has 0 aliphatic carbocycles. The van der Waals surface area contributed by atoms with Crippen molar-refractivity contribution in [3.05, 3.63) is 41.6 Å². The summed E-state index contributed by atoms with van der Waals surface area (Å²) < 4.78 is 4.90. The molecule has 1 aliphatic rings. The molecule has 8 heteroatoms. The lowest BCUT2D eigenvalue weighted by Gasteiger charge is -2.29. The molecule has 0 unspecified atom stereocenters. The Morgan fingerprint density at radius 2 is 1.93 bits per heavy atom. The lowest BCUT2D eigenvalue weighted by atomic mass is 9.97. The summed E-state index contributed by atoms with van der Waals surface area (Å²) in [6.45, 7) is 2.63. The van der Waals surface area contributed by atoms with Crippen molar-refractivity contribution < 1.29 is 24.2 Å². The third kappa shape index (κ3) is 5.31. The molecule has 2 N–H and O–H groups in total. The Balaban J connectivity index is 1.98. The molecule has 1 amide bonds. The molecular weight excluding hydrogens is 350 g/mol. The van der Waals surface area contributed by atoms with Gasteiger partial charge in [0.1, 0.15) is 11.6 Å². The van der Waals surface area contributed by atoms with Crippen LogP contribution in [0.2, 0.25) is 0 Å². The van der Waals surface area contributed by atoms with Crippen molar-refractivity contribution >= 4 is 23.5 Å². The van der Waals surface area contributed by atoms with Crippen molar-refractivity contribution in [2.75, 3.05) is 25.0 Å². The molecule has 0 bridgehead atoms. The number of anilines is 1. The average Bonchev–Trinajstić information content (AvgIpc) is 2.69. The minimum atomic E-state index is -0.855.